The number of benzene rings is 1. The molecular formula is C17H14ClN3O2. The van der Waals surface area contributed by atoms with Gasteiger partial charge in [-0.15, -0.1) is 0 Å². The Hall–Kier alpha value is -2.37. The third kappa shape index (κ3) is 2.69. The zero-order valence-electron chi connectivity index (χ0n) is 12.2. The molecule has 0 spiro atoms. The fourth-order valence-corrected chi connectivity index (χ4v) is 3.03. The average Bonchev–Trinajstić information content (AvgIpc) is 2.94. The molecule has 6 heteroatoms. The molecule has 1 aliphatic rings. The number of aromatic amines is 2. The third-order valence-electron chi connectivity index (χ3n) is 3.95. The molecule has 0 unspecified atom stereocenters. The highest BCUT2D eigenvalue weighted by atomic mass is 35.5. The predicted molar refractivity (Wildman–Crippen MR) is 90.6 cm³/mol. The topological polar surface area (TPSA) is 70.8 Å². The average molecular weight is 328 g/mol. The molecule has 0 fully saturated rings. The summed E-state index contributed by atoms with van der Waals surface area (Å²) in [5.74, 6) is 0. The summed E-state index contributed by atoms with van der Waals surface area (Å²) in [6.45, 7) is 1.43. The molecule has 2 aromatic heterocycles. The Balaban J connectivity index is 1.74. The first-order chi connectivity index (χ1) is 11.2. The molecule has 4 rings (SSSR count). The smallest absolute Gasteiger partial charge is 0.325 e. The minimum Gasteiger partial charge on any atom is -0.377 e. The van der Waals surface area contributed by atoms with E-state index in [4.69, 9.17) is 16.3 Å². The second-order valence-corrected chi connectivity index (χ2v) is 5.83. The fraction of sp³-hybridized carbons (Fsp3) is 0.176. The van der Waals surface area contributed by atoms with Crippen LogP contribution in [0.1, 0.15) is 12.0 Å². The van der Waals surface area contributed by atoms with E-state index < -0.39 is 0 Å². The van der Waals surface area contributed by atoms with Crippen LogP contribution in [0, 0.1) is 0 Å². The van der Waals surface area contributed by atoms with Crippen molar-refractivity contribution in [3.8, 4) is 11.3 Å². The molecule has 0 radical (unpaired) electrons. The zero-order valence-corrected chi connectivity index (χ0v) is 13.0. The lowest BCUT2D eigenvalue weighted by atomic mass is 9.99. The van der Waals surface area contributed by atoms with Gasteiger partial charge in [-0.25, -0.2) is 9.78 Å². The number of fused-ring (bicyclic) bond motifs is 1. The van der Waals surface area contributed by atoms with Crippen LogP contribution < -0.4 is 5.69 Å². The molecule has 2 N–H and O–H groups in total. The normalized spacial score (nSPS) is 14.9. The molecule has 0 amide bonds. The number of hydrogen-bond acceptors (Lipinski definition) is 3. The molecular weight excluding hydrogens is 314 g/mol. The van der Waals surface area contributed by atoms with Crippen LogP contribution in [0.5, 0.6) is 0 Å². The molecule has 0 atom stereocenters. The van der Waals surface area contributed by atoms with Gasteiger partial charge in [0.1, 0.15) is 0 Å². The first kappa shape index (κ1) is 14.2. The van der Waals surface area contributed by atoms with Crippen molar-refractivity contribution in [3.05, 3.63) is 57.5 Å². The van der Waals surface area contributed by atoms with Gasteiger partial charge in [-0.05, 0) is 23.6 Å². The van der Waals surface area contributed by atoms with Crippen LogP contribution in [-0.4, -0.2) is 28.2 Å². The Morgan fingerprint density at radius 2 is 1.91 bits per heavy atom. The van der Waals surface area contributed by atoms with Crippen molar-refractivity contribution in [2.45, 2.75) is 6.42 Å². The molecule has 3 aromatic rings. The summed E-state index contributed by atoms with van der Waals surface area (Å²) in [6, 6.07) is 9.84. The highest BCUT2D eigenvalue weighted by Crippen LogP contribution is 2.30. The molecule has 0 saturated heterocycles. The first-order valence-corrected chi connectivity index (χ1v) is 7.74. The maximum atomic E-state index is 11.4. The summed E-state index contributed by atoms with van der Waals surface area (Å²) >= 11 is 6.31. The summed E-state index contributed by atoms with van der Waals surface area (Å²) in [5, 5.41) is 0.505. The summed E-state index contributed by atoms with van der Waals surface area (Å²) < 4.78 is 5.34. The number of rotatable bonds is 2. The van der Waals surface area contributed by atoms with Crippen molar-refractivity contribution in [1.82, 2.24) is 15.0 Å². The SMILES string of the molecule is O=c1[nH]c2cc(Cl)c(-c3ccc(C4=CCOCC4)cc3)nc2[nH]1. The van der Waals surface area contributed by atoms with Crippen molar-refractivity contribution in [2.75, 3.05) is 13.2 Å². The van der Waals surface area contributed by atoms with Crippen LogP contribution in [-0.2, 0) is 4.74 Å². The second-order valence-electron chi connectivity index (χ2n) is 5.43. The minimum absolute atomic E-state index is 0.289. The van der Waals surface area contributed by atoms with Crippen molar-refractivity contribution in [2.24, 2.45) is 0 Å². The Labute approximate surface area is 137 Å². The molecule has 0 bridgehead atoms. The monoisotopic (exact) mass is 327 g/mol. The van der Waals surface area contributed by atoms with E-state index in [9.17, 15) is 4.79 Å². The van der Waals surface area contributed by atoms with Crippen molar-refractivity contribution < 1.29 is 4.74 Å². The molecule has 5 nitrogen and oxygen atoms in total. The number of pyridine rings is 1. The van der Waals surface area contributed by atoms with Gasteiger partial charge >= 0.3 is 5.69 Å². The van der Waals surface area contributed by atoms with E-state index in [1.54, 1.807) is 6.07 Å². The summed E-state index contributed by atoms with van der Waals surface area (Å²) in [6.07, 6.45) is 3.04. The van der Waals surface area contributed by atoms with E-state index >= 15 is 0 Å². The second kappa shape index (κ2) is 5.68. The van der Waals surface area contributed by atoms with Gasteiger partial charge in [0.25, 0.3) is 0 Å². The number of hydrogen-bond donors (Lipinski definition) is 2. The molecule has 116 valence electrons. The third-order valence-corrected chi connectivity index (χ3v) is 4.24. The van der Waals surface area contributed by atoms with E-state index in [0.29, 0.717) is 28.5 Å². The van der Waals surface area contributed by atoms with Crippen LogP contribution in [0.4, 0.5) is 0 Å². The zero-order chi connectivity index (χ0) is 15.8. The van der Waals surface area contributed by atoms with Gasteiger partial charge in [0, 0.05) is 5.56 Å². The van der Waals surface area contributed by atoms with Crippen LogP contribution >= 0.6 is 11.6 Å². The maximum absolute atomic E-state index is 11.4. The van der Waals surface area contributed by atoms with Crippen molar-refractivity contribution in [3.63, 3.8) is 0 Å². The van der Waals surface area contributed by atoms with Crippen LogP contribution in [0.25, 0.3) is 28.0 Å². The van der Waals surface area contributed by atoms with Crippen molar-refractivity contribution >= 4 is 28.3 Å². The lowest BCUT2D eigenvalue weighted by Crippen LogP contribution is -2.03. The van der Waals surface area contributed by atoms with Crippen molar-refractivity contribution in [1.29, 1.82) is 0 Å². The first-order valence-electron chi connectivity index (χ1n) is 7.37. The predicted octanol–water partition coefficient (Wildman–Crippen LogP) is 3.38. The number of imidazole rings is 1. The number of nitrogens with one attached hydrogen (secondary N) is 2. The van der Waals surface area contributed by atoms with Crippen LogP contribution in [0.15, 0.2) is 41.2 Å². The maximum Gasteiger partial charge on any atom is 0.325 e. The van der Waals surface area contributed by atoms with Gasteiger partial charge in [-0.2, -0.15) is 0 Å². The Morgan fingerprint density at radius 1 is 1.13 bits per heavy atom. The Bertz CT molecular complexity index is 954. The molecule has 1 aromatic carbocycles. The van der Waals surface area contributed by atoms with Crippen LogP contribution in [0.3, 0.4) is 0 Å². The molecule has 1 aliphatic heterocycles. The lowest BCUT2D eigenvalue weighted by Gasteiger charge is -2.14. The number of aromatic nitrogens is 3. The van der Waals surface area contributed by atoms with E-state index in [1.165, 1.54) is 11.1 Å². The Kier molecular flexibility index (Phi) is 3.52. The highest BCUT2D eigenvalue weighted by molar-refractivity contribution is 6.33. The minimum atomic E-state index is -0.289. The highest BCUT2D eigenvalue weighted by Gasteiger charge is 2.11. The van der Waals surface area contributed by atoms with Crippen LogP contribution in [0.2, 0.25) is 5.02 Å². The lowest BCUT2D eigenvalue weighted by molar-refractivity contribution is 0.161. The van der Waals surface area contributed by atoms with Gasteiger partial charge in [0.05, 0.1) is 29.4 Å². The fourth-order valence-electron chi connectivity index (χ4n) is 2.77. The van der Waals surface area contributed by atoms with Gasteiger partial charge in [-0.3, -0.25) is 4.98 Å². The van der Waals surface area contributed by atoms with E-state index in [0.717, 1.165) is 18.6 Å². The number of H-pyrrole nitrogens is 2. The quantitative estimate of drug-likeness (QED) is 0.758. The Morgan fingerprint density at radius 3 is 2.65 bits per heavy atom. The molecule has 3 heterocycles. The van der Waals surface area contributed by atoms with Gasteiger partial charge in [0.2, 0.25) is 0 Å². The summed E-state index contributed by atoms with van der Waals surface area (Å²) in [5.41, 5.74) is 4.87. The number of ether oxygens (including phenoxy) is 1. The summed E-state index contributed by atoms with van der Waals surface area (Å²) in [7, 11) is 0. The molecule has 0 saturated carbocycles. The van der Waals surface area contributed by atoms with Gasteiger partial charge < -0.3 is 9.72 Å². The largest absolute Gasteiger partial charge is 0.377 e. The number of nitrogens with zero attached hydrogens (tertiary/aromatic N) is 1. The van der Waals surface area contributed by atoms with E-state index in [1.807, 2.05) is 12.1 Å². The van der Waals surface area contributed by atoms with Gasteiger partial charge in [0.15, 0.2) is 5.65 Å². The molecule has 23 heavy (non-hydrogen) atoms. The standard InChI is InChI=1S/C17H14ClN3O2/c18-13-9-14-16(21-17(22)19-14)20-15(13)12-3-1-10(2-4-12)11-5-7-23-8-6-11/h1-5,9H,6-8H2,(H2,19,20,21,22). The van der Waals surface area contributed by atoms with Gasteiger partial charge in [-0.1, -0.05) is 41.9 Å². The summed E-state index contributed by atoms with van der Waals surface area (Å²) in [4.78, 5) is 21.1. The van der Waals surface area contributed by atoms with E-state index in [-0.39, 0.29) is 5.69 Å². The number of halogens is 1. The molecule has 0 aliphatic carbocycles. The van der Waals surface area contributed by atoms with E-state index in [2.05, 4.69) is 33.2 Å².